The number of ether oxygens (including phenoxy) is 1. The first-order valence-electron chi connectivity index (χ1n) is 11.3. The first-order valence-corrected chi connectivity index (χ1v) is 11.3. The lowest BCUT2D eigenvalue weighted by molar-refractivity contribution is -0.126. The minimum atomic E-state index is -0.394. The molecule has 2 amide bonds. The lowest BCUT2D eigenvalue weighted by Gasteiger charge is -2.20. The summed E-state index contributed by atoms with van der Waals surface area (Å²) in [5.74, 6) is 1.76. The number of carbonyl (C=O) groups is 2. The topological polar surface area (TPSA) is 97.6 Å². The fourth-order valence-corrected chi connectivity index (χ4v) is 4.20. The van der Waals surface area contributed by atoms with Gasteiger partial charge in [-0.3, -0.25) is 9.59 Å². The Kier molecular flexibility index (Phi) is 5.81. The Morgan fingerprint density at radius 1 is 1.21 bits per heavy atom. The Morgan fingerprint density at radius 3 is 2.76 bits per heavy atom. The minimum Gasteiger partial charge on any atom is -0.497 e. The normalized spacial score (nSPS) is 18.3. The van der Waals surface area contributed by atoms with Crippen LogP contribution in [0.25, 0.3) is 11.4 Å². The summed E-state index contributed by atoms with van der Waals surface area (Å²) in [5.41, 5.74) is 2.50. The maximum atomic E-state index is 12.7. The number of carbonyl (C=O) groups excluding carboxylic acids is 2. The maximum absolute atomic E-state index is 12.7. The fourth-order valence-electron chi connectivity index (χ4n) is 4.20. The van der Waals surface area contributed by atoms with Gasteiger partial charge in [0.15, 0.2) is 0 Å². The number of amides is 2. The quantitative estimate of drug-likeness (QED) is 0.595. The van der Waals surface area contributed by atoms with Gasteiger partial charge in [0.1, 0.15) is 5.75 Å². The average molecular weight is 447 g/mol. The summed E-state index contributed by atoms with van der Waals surface area (Å²) in [6, 6.07) is 15.0. The lowest BCUT2D eigenvalue weighted by atomic mass is 9.85. The molecule has 8 nitrogen and oxygen atoms in total. The SMILES string of the molecule is COc1ccc(CNC(=O)[C@@H]2CC(=O)N(c3cccc(-c4noc(C5CCC5)n4)c3)C2)cc1. The molecule has 2 aromatic carbocycles. The number of hydrogen-bond donors (Lipinski definition) is 1. The molecule has 33 heavy (non-hydrogen) atoms. The van der Waals surface area contributed by atoms with E-state index < -0.39 is 5.92 Å². The first kappa shape index (κ1) is 21.2. The fraction of sp³-hybridized carbons (Fsp3) is 0.360. The van der Waals surface area contributed by atoms with Gasteiger partial charge in [-0.2, -0.15) is 4.98 Å². The molecular formula is C25H26N4O4. The molecule has 1 N–H and O–H groups in total. The van der Waals surface area contributed by atoms with Crippen molar-refractivity contribution in [3.63, 3.8) is 0 Å². The molecule has 5 rings (SSSR count). The van der Waals surface area contributed by atoms with Crippen molar-refractivity contribution >= 4 is 17.5 Å². The van der Waals surface area contributed by atoms with E-state index in [0.717, 1.165) is 35.4 Å². The largest absolute Gasteiger partial charge is 0.497 e. The predicted molar refractivity (Wildman–Crippen MR) is 122 cm³/mol. The molecule has 0 unspecified atom stereocenters. The number of anilines is 1. The van der Waals surface area contributed by atoms with E-state index in [1.165, 1.54) is 6.42 Å². The van der Waals surface area contributed by atoms with Crippen LogP contribution in [0.1, 0.15) is 43.1 Å². The molecule has 1 saturated carbocycles. The van der Waals surface area contributed by atoms with Crippen LogP contribution in [0.5, 0.6) is 5.75 Å². The van der Waals surface area contributed by atoms with Crippen LogP contribution < -0.4 is 15.0 Å². The second kappa shape index (κ2) is 9.05. The molecule has 1 atom stereocenters. The summed E-state index contributed by atoms with van der Waals surface area (Å²) in [7, 11) is 1.62. The zero-order valence-electron chi connectivity index (χ0n) is 18.5. The van der Waals surface area contributed by atoms with Gasteiger partial charge >= 0.3 is 0 Å². The summed E-state index contributed by atoms with van der Waals surface area (Å²) in [6.45, 7) is 0.750. The monoisotopic (exact) mass is 446 g/mol. The Hall–Kier alpha value is -3.68. The number of nitrogens with one attached hydrogen (secondary N) is 1. The molecule has 2 fully saturated rings. The minimum absolute atomic E-state index is 0.0694. The summed E-state index contributed by atoms with van der Waals surface area (Å²) in [5, 5.41) is 7.06. The van der Waals surface area contributed by atoms with Gasteiger partial charge in [0.2, 0.25) is 23.5 Å². The van der Waals surface area contributed by atoms with Crippen molar-refractivity contribution in [3.05, 3.63) is 60.0 Å². The van der Waals surface area contributed by atoms with Gasteiger partial charge < -0.3 is 19.5 Å². The van der Waals surface area contributed by atoms with E-state index in [1.807, 2.05) is 48.5 Å². The van der Waals surface area contributed by atoms with Gasteiger partial charge in [0.05, 0.1) is 13.0 Å². The van der Waals surface area contributed by atoms with Crippen molar-refractivity contribution in [3.8, 4) is 17.1 Å². The summed E-state index contributed by atoms with van der Waals surface area (Å²) >= 11 is 0. The van der Waals surface area contributed by atoms with Gasteiger partial charge in [-0.05, 0) is 42.7 Å². The van der Waals surface area contributed by atoms with Crippen LogP contribution in [-0.2, 0) is 16.1 Å². The number of hydrogen-bond acceptors (Lipinski definition) is 6. The molecule has 1 saturated heterocycles. The third-order valence-corrected chi connectivity index (χ3v) is 6.43. The van der Waals surface area contributed by atoms with Crippen LogP contribution in [0, 0.1) is 5.92 Å². The second-order valence-corrected chi connectivity index (χ2v) is 8.61. The van der Waals surface area contributed by atoms with Crippen LogP contribution >= 0.6 is 0 Å². The van der Waals surface area contributed by atoms with E-state index in [2.05, 4.69) is 15.5 Å². The van der Waals surface area contributed by atoms with E-state index in [1.54, 1.807) is 12.0 Å². The third-order valence-electron chi connectivity index (χ3n) is 6.43. The smallest absolute Gasteiger partial charge is 0.230 e. The van der Waals surface area contributed by atoms with Crippen molar-refractivity contribution in [1.82, 2.24) is 15.5 Å². The van der Waals surface area contributed by atoms with Gasteiger partial charge in [0, 0.05) is 36.7 Å². The van der Waals surface area contributed by atoms with Gasteiger partial charge in [0.25, 0.3) is 0 Å². The summed E-state index contributed by atoms with van der Waals surface area (Å²) in [4.78, 5) is 31.6. The average Bonchev–Trinajstić information content (AvgIpc) is 3.44. The molecule has 0 radical (unpaired) electrons. The molecule has 1 aliphatic carbocycles. The van der Waals surface area contributed by atoms with Crippen molar-refractivity contribution in [2.45, 2.75) is 38.1 Å². The van der Waals surface area contributed by atoms with Crippen LogP contribution in [0.4, 0.5) is 5.69 Å². The van der Waals surface area contributed by atoms with Crippen LogP contribution in [0.3, 0.4) is 0 Å². The number of nitrogens with zero attached hydrogens (tertiary/aromatic N) is 3. The summed E-state index contributed by atoms with van der Waals surface area (Å²) in [6.07, 6.45) is 3.56. The van der Waals surface area contributed by atoms with E-state index in [4.69, 9.17) is 9.26 Å². The van der Waals surface area contributed by atoms with Crippen molar-refractivity contribution in [2.75, 3.05) is 18.6 Å². The van der Waals surface area contributed by atoms with Crippen LogP contribution in [-0.4, -0.2) is 35.6 Å². The zero-order chi connectivity index (χ0) is 22.8. The molecule has 1 aliphatic heterocycles. The van der Waals surface area contributed by atoms with Crippen molar-refractivity contribution in [1.29, 1.82) is 0 Å². The molecular weight excluding hydrogens is 420 g/mol. The molecule has 3 aromatic rings. The van der Waals surface area contributed by atoms with E-state index in [9.17, 15) is 9.59 Å². The zero-order valence-corrected chi connectivity index (χ0v) is 18.5. The Balaban J connectivity index is 1.23. The number of aromatic nitrogens is 2. The molecule has 1 aromatic heterocycles. The highest BCUT2D eigenvalue weighted by Crippen LogP contribution is 2.36. The van der Waals surface area contributed by atoms with Crippen molar-refractivity contribution < 1.29 is 18.8 Å². The van der Waals surface area contributed by atoms with Crippen LogP contribution in [0.15, 0.2) is 53.1 Å². The third kappa shape index (κ3) is 4.46. The van der Waals surface area contributed by atoms with E-state index >= 15 is 0 Å². The molecule has 2 heterocycles. The van der Waals surface area contributed by atoms with E-state index in [0.29, 0.717) is 30.7 Å². The standard InChI is InChI=1S/C25H26N4O4/c1-32-21-10-8-16(9-11-21)14-26-24(31)19-13-22(30)29(15-19)20-7-3-6-18(12-20)23-27-25(33-28-23)17-4-2-5-17/h3,6-12,17,19H,2,4-5,13-15H2,1H3,(H,26,31)/t19-/m1/s1. The molecule has 2 aliphatic rings. The Bertz CT molecular complexity index is 1150. The maximum Gasteiger partial charge on any atom is 0.230 e. The molecule has 8 heteroatoms. The Labute approximate surface area is 191 Å². The molecule has 170 valence electrons. The highest BCUT2D eigenvalue weighted by Gasteiger charge is 2.35. The molecule has 0 bridgehead atoms. The highest BCUT2D eigenvalue weighted by molar-refractivity contribution is 6.00. The van der Waals surface area contributed by atoms with Gasteiger partial charge in [-0.25, -0.2) is 0 Å². The number of benzene rings is 2. The van der Waals surface area contributed by atoms with Gasteiger partial charge in [-0.15, -0.1) is 0 Å². The number of rotatable bonds is 7. The van der Waals surface area contributed by atoms with Crippen LogP contribution in [0.2, 0.25) is 0 Å². The molecule has 0 spiro atoms. The summed E-state index contributed by atoms with van der Waals surface area (Å²) < 4.78 is 10.6. The highest BCUT2D eigenvalue weighted by atomic mass is 16.5. The predicted octanol–water partition coefficient (Wildman–Crippen LogP) is 3.68. The van der Waals surface area contributed by atoms with Gasteiger partial charge in [-0.1, -0.05) is 35.8 Å². The number of methoxy groups -OCH3 is 1. The van der Waals surface area contributed by atoms with Crippen molar-refractivity contribution in [2.24, 2.45) is 5.92 Å². The second-order valence-electron chi connectivity index (χ2n) is 8.61. The lowest BCUT2D eigenvalue weighted by Crippen LogP contribution is -2.32. The Morgan fingerprint density at radius 2 is 2.03 bits per heavy atom. The first-order chi connectivity index (χ1) is 16.1. The van der Waals surface area contributed by atoms with E-state index in [-0.39, 0.29) is 18.2 Å².